The largest absolute Gasteiger partial charge is 0.493 e. The molecule has 0 fully saturated rings. The first-order chi connectivity index (χ1) is 9.25. The normalized spacial score (nSPS) is 13.1. The molecule has 0 atom stereocenters. The maximum absolute atomic E-state index is 10.3. The minimum atomic E-state index is -0.708. The van der Waals surface area contributed by atoms with E-state index in [2.05, 4.69) is 23.5 Å². The van der Waals surface area contributed by atoms with Crippen molar-refractivity contribution in [3.8, 4) is 5.75 Å². The fraction of sp³-hybridized carbons (Fsp3) is 0.533. The van der Waals surface area contributed by atoms with E-state index < -0.39 is 5.97 Å². The average molecular weight is 263 g/mol. The predicted octanol–water partition coefficient (Wildman–Crippen LogP) is 2.01. The lowest BCUT2D eigenvalue weighted by molar-refractivity contribution is -0.137. The van der Waals surface area contributed by atoms with Crippen LogP contribution in [0.4, 0.5) is 0 Å². The molecule has 0 spiro atoms. The number of carboxylic acid groups (broad SMARTS) is 1. The van der Waals surface area contributed by atoms with Gasteiger partial charge in [-0.15, -0.1) is 0 Å². The van der Waals surface area contributed by atoms with Crippen LogP contribution in [-0.4, -0.2) is 30.8 Å². The Balaban J connectivity index is 1.59. The number of carbonyl (C=O) groups is 1. The van der Waals surface area contributed by atoms with Crippen molar-refractivity contribution in [1.82, 2.24) is 5.32 Å². The summed E-state index contributed by atoms with van der Waals surface area (Å²) in [6, 6.07) is 6.41. The van der Waals surface area contributed by atoms with Gasteiger partial charge in [-0.05, 0) is 49.5 Å². The van der Waals surface area contributed by atoms with Crippen LogP contribution < -0.4 is 10.1 Å². The zero-order chi connectivity index (χ0) is 13.5. The van der Waals surface area contributed by atoms with Gasteiger partial charge >= 0.3 is 5.97 Å². The maximum atomic E-state index is 10.3. The SMILES string of the molecule is O=C(O)CCCCNCCc1ccc2c(c1)CCO2. The number of carboxylic acids is 1. The molecule has 4 nitrogen and oxygen atoms in total. The van der Waals surface area contributed by atoms with Crippen LogP contribution in [-0.2, 0) is 17.6 Å². The van der Waals surface area contributed by atoms with Crippen LogP contribution in [0.25, 0.3) is 0 Å². The molecule has 4 heteroatoms. The van der Waals surface area contributed by atoms with Gasteiger partial charge in [0.25, 0.3) is 0 Å². The molecule has 0 bridgehead atoms. The minimum Gasteiger partial charge on any atom is -0.493 e. The molecule has 0 unspecified atom stereocenters. The van der Waals surface area contributed by atoms with Crippen LogP contribution in [0.2, 0.25) is 0 Å². The van der Waals surface area contributed by atoms with Gasteiger partial charge in [-0.2, -0.15) is 0 Å². The van der Waals surface area contributed by atoms with Crippen LogP contribution >= 0.6 is 0 Å². The molecular weight excluding hydrogens is 242 g/mol. The number of hydrogen-bond donors (Lipinski definition) is 2. The Hall–Kier alpha value is -1.55. The molecule has 104 valence electrons. The molecule has 1 aliphatic rings. The number of nitrogens with one attached hydrogen (secondary N) is 1. The third-order valence-electron chi connectivity index (χ3n) is 3.34. The molecule has 1 aromatic rings. The van der Waals surface area contributed by atoms with Gasteiger partial charge in [-0.3, -0.25) is 4.79 Å². The summed E-state index contributed by atoms with van der Waals surface area (Å²) in [7, 11) is 0. The van der Waals surface area contributed by atoms with Crippen molar-refractivity contribution in [3.05, 3.63) is 29.3 Å². The standard InChI is InChI=1S/C15H21NO3/c17-15(18)3-1-2-8-16-9-6-12-4-5-14-13(11-12)7-10-19-14/h4-5,11,16H,1-3,6-10H2,(H,17,18). The molecule has 0 aromatic heterocycles. The minimum absolute atomic E-state index is 0.270. The first-order valence-electron chi connectivity index (χ1n) is 6.93. The molecule has 0 radical (unpaired) electrons. The number of hydrogen-bond acceptors (Lipinski definition) is 3. The second kappa shape index (κ2) is 7.14. The highest BCUT2D eigenvalue weighted by atomic mass is 16.5. The van der Waals surface area contributed by atoms with Gasteiger partial charge in [0.15, 0.2) is 0 Å². The topological polar surface area (TPSA) is 58.6 Å². The third kappa shape index (κ3) is 4.56. The van der Waals surface area contributed by atoms with Crippen molar-refractivity contribution in [2.24, 2.45) is 0 Å². The first-order valence-corrected chi connectivity index (χ1v) is 6.93. The lowest BCUT2D eigenvalue weighted by atomic mass is 10.1. The van der Waals surface area contributed by atoms with E-state index in [0.29, 0.717) is 0 Å². The molecule has 1 aliphatic heterocycles. The van der Waals surface area contributed by atoms with Crippen molar-refractivity contribution >= 4 is 5.97 Å². The second-order valence-corrected chi connectivity index (χ2v) is 4.89. The van der Waals surface area contributed by atoms with Crippen molar-refractivity contribution in [3.63, 3.8) is 0 Å². The van der Waals surface area contributed by atoms with E-state index in [1.165, 1.54) is 11.1 Å². The average Bonchev–Trinajstić information content (AvgIpc) is 2.84. The van der Waals surface area contributed by atoms with Crippen molar-refractivity contribution in [2.45, 2.75) is 32.1 Å². The van der Waals surface area contributed by atoms with Crippen LogP contribution in [0.3, 0.4) is 0 Å². The summed E-state index contributed by atoms with van der Waals surface area (Å²) in [6.45, 7) is 2.63. The van der Waals surface area contributed by atoms with E-state index in [0.717, 1.165) is 51.1 Å². The Kier molecular flexibility index (Phi) is 5.21. The molecule has 2 rings (SSSR count). The number of aliphatic carboxylic acids is 1. The number of fused-ring (bicyclic) bond motifs is 1. The van der Waals surface area contributed by atoms with Crippen LogP contribution in [0.5, 0.6) is 5.75 Å². The Bertz CT molecular complexity index is 431. The number of rotatable bonds is 8. The molecule has 1 aromatic carbocycles. The highest BCUT2D eigenvalue weighted by molar-refractivity contribution is 5.66. The summed E-state index contributed by atoms with van der Waals surface area (Å²) in [5, 5.41) is 11.9. The van der Waals surface area contributed by atoms with Gasteiger partial charge in [0.05, 0.1) is 6.61 Å². The summed E-state index contributed by atoms with van der Waals surface area (Å²) in [5.74, 6) is 0.325. The quantitative estimate of drug-likeness (QED) is 0.704. The first kappa shape index (κ1) is 13.9. The Labute approximate surface area is 113 Å². The van der Waals surface area contributed by atoms with Crippen LogP contribution in [0.15, 0.2) is 18.2 Å². The molecule has 19 heavy (non-hydrogen) atoms. The fourth-order valence-electron chi connectivity index (χ4n) is 2.28. The summed E-state index contributed by atoms with van der Waals surface area (Å²) in [6.07, 6.45) is 3.97. The third-order valence-corrected chi connectivity index (χ3v) is 3.34. The van der Waals surface area contributed by atoms with E-state index in [9.17, 15) is 4.79 Å². The van der Waals surface area contributed by atoms with E-state index >= 15 is 0 Å². The van der Waals surface area contributed by atoms with Gasteiger partial charge < -0.3 is 15.2 Å². The van der Waals surface area contributed by atoms with E-state index in [4.69, 9.17) is 9.84 Å². The van der Waals surface area contributed by atoms with Crippen LogP contribution in [0.1, 0.15) is 30.4 Å². The molecular formula is C15H21NO3. The molecule has 2 N–H and O–H groups in total. The van der Waals surface area contributed by atoms with Gasteiger partial charge in [0.2, 0.25) is 0 Å². The second-order valence-electron chi connectivity index (χ2n) is 4.89. The summed E-state index contributed by atoms with van der Waals surface area (Å²) in [4.78, 5) is 10.3. The van der Waals surface area contributed by atoms with Crippen molar-refractivity contribution < 1.29 is 14.6 Å². The number of ether oxygens (including phenoxy) is 1. The highest BCUT2D eigenvalue weighted by Gasteiger charge is 2.11. The van der Waals surface area contributed by atoms with Crippen molar-refractivity contribution in [1.29, 1.82) is 0 Å². The van der Waals surface area contributed by atoms with Crippen LogP contribution in [0, 0.1) is 0 Å². The zero-order valence-electron chi connectivity index (χ0n) is 11.2. The summed E-state index contributed by atoms with van der Waals surface area (Å²) < 4.78 is 5.48. The highest BCUT2D eigenvalue weighted by Crippen LogP contribution is 2.25. The predicted molar refractivity (Wildman–Crippen MR) is 73.7 cm³/mol. The lowest BCUT2D eigenvalue weighted by Gasteiger charge is -2.06. The molecule has 0 saturated carbocycles. The maximum Gasteiger partial charge on any atom is 0.303 e. The fourth-order valence-corrected chi connectivity index (χ4v) is 2.28. The molecule has 0 aliphatic carbocycles. The number of unbranched alkanes of at least 4 members (excludes halogenated alkanes) is 1. The van der Waals surface area contributed by atoms with E-state index in [1.807, 2.05) is 0 Å². The van der Waals surface area contributed by atoms with Gasteiger partial charge in [0.1, 0.15) is 5.75 Å². The van der Waals surface area contributed by atoms with Gasteiger partial charge in [0, 0.05) is 12.8 Å². The molecule has 0 saturated heterocycles. The monoisotopic (exact) mass is 263 g/mol. The summed E-state index contributed by atoms with van der Waals surface area (Å²) in [5.41, 5.74) is 2.65. The van der Waals surface area contributed by atoms with E-state index in [-0.39, 0.29) is 6.42 Å². The van der Waals surface area contributed by atoms with Crippen molar-refractivity contribution in [2.75, 3.05) is 19.7 Å². The Morgan fingerprint density at radius 3 is 3.05 bits per heavy atom. The summed E-state index contributed by atoms with van der Waals surface area (Å²) >= 11 is 0. The Morgan fingerprint density at radius 1 is 1.32 bits per heavy atom. The molecule has 0 amide bonds. The smallest absolute Gasteiger partial charge is 0.303 e. The van der Waals surface area contributed by atoms with E-state index in [1.54, 1.807) is 0 Å². The Morgan fingerprint density at radius 2 is 2.21 bits per heavy atom. The zero-order valence-corrected chi connectivity index (χ0v) is 11.2. The number of benzene rings is 1. The molecule has 1 heterocycles. The van der Waals surface area contributed by atoms with Gasteiger partial charge in [-0.25, -0.2) is 0 Å². The van der Waals surface area contributed by atoms with Gasteiger partial charge in [-0.1, -0.05) is 12.1 Å². The lowest BCUT2D eigenvalue weighted by Crippen LogP contribution is -2.18.